The van der Waals surface area contributed by atoms with Crippen LogP contribution >= 0.6 is 0 Å². The number of allylic oxidation sites excluding steroid dienone is 1. The molecule has 0 atom stereocenters. The number of anilines is 2. The van der Waals surface area contributed by atoms with E-state index < -0.39 is 0 Å². The van der Waals surface area contributed by atoms with Gasteiger partial charge in [-0.1, -0.05) is 13.8 Å². The molecule has 0 saturated heterocycles. The summed E-state index contributed by atoms with van der Waals surface area (Å²) in [6.45, 7) is 6.20. The normalized spacial score (nSPS) is 11.6. The molecule has 4 rings (SSSR count). The molecule has 0 radical (unpaired) electrons. The van der Waals surface area contributed by atoms with Gasteiger partial charge in [-0.2, -0.15) is 5.10 Å². The third-order valence-corrected chi connectivity index (χ3v) is 5.31. The zero-order chi connectivity index (χ0) is 23.4. The third kappa shape index (κ3) is 4.85. The van der Waals surface area contributed by atoms with Gasteiger partial charge in [0.05, 0.1) is 22.9 Å². The summed E-state index contributed by atoms with van der Waals surface area (Å²) in [5, 5.41) is 23.3. The van der Waals surface area contributed by atoms with Gasteiger partial charge in [0.15, 0.2) is 5.82 Å². The van der Waals surface area contributed by atoms with Crippen LogP contribution in [0.2, 0.25) is 0 Å². The van der Waals surface area contributed by atoms with Crippen LogP contribution in [0.5, 0.6) is 0 Å². The van der Waals surface area contributed by atoms with E-state index in [-0.39, 0.29) is 0 Å². The molecule has 0 amide bonds. The molecule has 0 fully saturated rings. The van der Waals surface area contributed by atoms with Crippen molar-refractivity contribution in [1.82, 2.24) is 30.5 Å². The Morgan fingerprint density at radius 3 is 2.64 bits per heavy atom. The van der Waals surface area contributed by atoms with Crippen molar-refractivity contribution in [3.8, 4) is 0 Å². The maximum Gasteiger partial charge on any atom is 0.154 e. The van der Waals surface area contributed by atoms with Crippen molar-refractivity contribution in [1.29, 1.82) is 5.41 Å². The molecule has 4 aromatic rings. The summed E-state index contributed by atoms with van der Waals surface area (Å²) in [5.74, 6) is 1.64. The van der Waals surface area contributed by atoms with Gasteiger partial charge in [0.1, 0.15) is 5.82 Å². The van der Waals surface area contributed by atoms with Gasteiger partial charge in [-0.3, -0.25) is 15.4 Å². The zero-order valence-electron chi connectivity index (χ0n) is 19.1. The second-order valence-electron chi connectivity index (χ2n) is 8.02. The number of aryl methyl sites for hydroxylation is 1. The van der Waals surface area contributed by atoms with Gasteiger partial charge in [0.25, 0.3) is 0 Å². The molecule has 0 unspecified atom stereocenters. The molecule has 0 aliphatic rings. The molecule has 3 N–H and O–H groups in total. The van der Waals surface area contributed by atoms with Crippen LogP contribution in [-0.2, 0) is 0 Å². The fraction of sp³-hybridized carbons (Fsp3) is 0.200. The maximum absolute atomic E-state index is 8.80. The maximum atomic E-state index is 8.80. The first-order chi connectivity index (χ1) is 16.0. The highest BCUT2D eigenvalue weighted by Gasteiger charge is 2.15. The van der Waals surface area contributed by atoms with Crippen LogP contribution in [0.25, 0.3) is 16.6 Å². The Morgan fingerprint density at radius 2 is 1.88 bits per heavy atom. The molecule has 0 aromatic carbocycles. The standard InChI is InChI=1S/C25H26N8/c1-15(2)17-10-24(33-30-12-17)32-23-6-5-21-22(31-23)9-18(11-29-21)20(13-27-4)25(26)19-14-28-8-7-16(19)3/h5-15,26-27H,1-4H3,(H,31,32,33)/b20-13-,26-25?. The molecule has 166 valence electrons. The van der Waals surface area contributed by atoms with Crippen LogP contribution in [0.15, 0.2) is 61.3 Å². The topological polar surface area (TPSA) is 112 Å². The monoisotopic (exact) mass is 438 g/mol. The van der Waals surface area contributed by atoms with Crippen LogP contribution < -0.4 is 10.6 Å². The molecule has 0 aliphatic heterocycles. The Hall–Kier alpha value is -4.20. The number of rotatable bonds is 7. The smallest absolute Gasteiger partial charge is 0.154 e. The first kappa shape index (κ1) is 22.0. The van der Waals surface area contributed by atoms with Crippen molar-refractivity contribution in [3.05, 3.63) is 83.6 Å². The molecule has 8 nitrogen and oxygen atoms in total. The molecule has 0 spiro atoms. The largest absolute Gasteiger partial charge is 0.393 e. The Labute approximate surface area is 192 Å². The van der Waals surface area contributed by atoms with Crippen molar-refractivity contribution in [2.24, 2.45) is 0 Å². The fourth-order valence-electron chi connectivity index (χ4n) is 3.43. The van der Waals surface area contributed by atoms with Crippen LogP contribution in [0.3, 0.4) is 0 Å². The first-order valence-corrected chi connectivity index (χ1v) is 10.7. The van der Waals surface area contributed by atoms with E-state index in [1.165, 1.54) is 0 Å². The highest BCUT2D eigenvalue weighted by molar-refractivity contribution is 6.30. The van der Waals surface area contributed by atoms with Gasteiger partial charge in [0, 0.05) is 48.5 Å². The Morgan fingerprint density at radius 1 is 1.03 bits per heavy atom. The third-order valence-electron chi connectivity index (χ3n) is 5.31. The van der Waals surface area contributed by atoms with Crippen LogP contribution in [0, 0.1) is 12.3 Å². The van der Waals surface area contributed by atoms with Gasteiger partial charge in [-0.05, 0) is 54.3 Å². The summed E-state index contributed by atoms with van der Waals surface area (Å²) in [6.07, 6.45) is 8.77. The lowest BCUT2D eigenvalue weighted by Gasteiger charge is -2.13. The van der Waals surface area contributed by atoms with Gasteiger partial charge in [-0.25, -0.2) is 4.98 Å². The lowest BCUT2D eigenvalue weighted by Crippen LogP contribution is -2.09. The Bertz CT molecular complexity index is 1340. The summed E-state index contributed by atoms with van der Waals surface area (Å²) < 4.78 is 0. The van der Waals surface area contributed by atoms with Crippen molar-refractivity contribution in [2.75, 3.05) is 12.4 Å². The number of aromatic nitrogens is 5. The van der Waals surface area contributed by atoms with E-state index in [0.29, 0.717) is 34.4 Å². The molecule has 0 bridgehead atoms. The number of hydrogen-bond donors (Lipinski definition) is 3. The minimum Gasteiger partial charge on any atom is -0.393 e. The molecule has 33 heavy (non-hydrogen) atoms. The van der Waals surface area contributed by atoms with Crippen LogP contribution in [0.1, 0.15) is 42.0 Å². The van der Waals surface area contributed by atoms with Gasteiger partial charge >= 0.3 is 0 Å². The van der Waals surface area contributed by atoms with E-state index in [2.05, 4.69) is 44.6 Å². The van der Waals surface area contributed by atoms with E-state index >= 15 is 0 Å². The minimum absolute atomic E-state index is 0.355. The van der Waals surface area contributed by atoms with E-state index in [9.17, 15) is 0 Å². The molecule has 4 aromatic heterocycles. The fourth-order valence-corrected chi connectivity index (χ4v) is 3.43. The Kier molecular flexibility index (Phi) is 6.35. The van der Waals surface area contributed by atoms with Crippen molar-refractivity contribution >= 4 is 34.0 Å². The summed E-state index contributed by atoms with van der Waals surface area (Å²) >= 11 is 0. The quantitative estimate of drug-likeness (QED) is 0.361. The lowest BCUT2D eigenvalue weighted by atomic mass is 9.96. The molecule has 4 heterocycles. The predicted molar refractivity (Wildman–Crippen MR) is 132 cm³/mol. The van der Waals surface area contributed by atoms with E-state index in [1.807, 2.05) is 44.3 Å². The zero-order valence-corrected chi connectivity index (χ0v) is 19.1. The summed E-state index contributed by atoms with van der Waals surface area (Å²) in [6, 6.07) is 9.59. The second-order valence-corrected chi connectivity index (χ2v) is 8.02. The summed E-state index contributed by atoms with van der Waals surface area (Å²) in [4.78, 5) is 13.5. The number of nitrogens with zero attached hydrogens (tertiary/aromatic N) is 5. The summed E-state index contributed by atoms with van der Waals surface area (Å²) in [7, 11) is 1.81. The predicted octanol–water partition coefficient (Wildman–Crippen LogP) is 4.62. The van der Waals surface area contributed by atoms with Crippen molar-refractivity contribution in [3.63, 3.8) is 0 Å². The van der Waals surface area contributed by atoms with Crippen LogP contribution in [0.4, 0.5) is 11.6 Å². The lowest BCUT2D eigenvalue weighted by molar-refractivity contribution is 0.843. The highest BCUT2D eigenvalue weighted by Crippen LogP contribution is 2.24. The van der Waals surface area contributed by atoms with E-state index in [0.717, 1.165) is 27.8 Å². The van der Waals surface area contributed by atoms with Crippen molar-refractivity contribution in [2.45, 2.75) is 26.7 Å². The molecule has 8 heteroatoms. The number of nitrogens with one attached hydrogen (secondary N) is 3. The number of pyridine rings is 3. The molecule has 0 aliphatic carbocycles. The average molecular weight is 439 g/mol. The van der Waals surface area contributed by atoms with E-state index in [4.69, 9.17) is 10.4 Å². The molecular weight excluding hydrogens is 412 g/mol. The van der Waals surface area contributed by atoms with E-state index in [1.54, 1.807) is 31.0 Å². The SMILES string of the molecule is CN/C=C(\C(=N)c1cnccc1C)c1cnc2ccc(Nc3cc(C(C)C)cnn3)nc2c1. The highest BCUT2D eigenvalue weighted by atomic mass is 15.2. The van der Waals surface area contributed by atoms with Gasteiger partial charge in [-0.15, -0.1) is 5.10 Å². The average Bonchev–Trinajstić information content (AvgIpc) is 2.82. The number of fused-ring (bicyclic) bond motifs is 1. The van der Waals surface area contributed by atoms with Crippen molar-refractivity contribution < 1.29 is 0 Å². The molecular formula is C25H26N8. The van der Waals surface area contributed by atoms with Gasteiger partial charge < -0.3 is 10.6 Å². The van der Waals surface area contributed by atoms with Crippen LogP contribution in [-0.4, -0.2) is 37.9 Å². The Balaban J connectivity index is 1.69. The second kappa shape index (κ2) is 9.52. The molecule has 0 saturated carbocycles. The minimum atomic E-state index is 0.355. The number of hydrogen-bond acceptors (Lipinski definition) is 8. The summed E-state index contributed by atoms with van der Waals surface area (Å²) in [5.41, 5.74) is 6.19. The van der Waals surface area contributed by atoms with Gasteiger partial charge in [0.2, 0.25) is 0 Å². The first-order valence-electron chi connectivity index (χ1n) is 10.7.